The monoisotopic (exact) mass is 280 g/mol. The number of primary amides is 1. The maximum absolute atomic E-state index is 12.1. The van der Waals surface area contributed by atoms with Crippen molar-refractivity contribution in [1.29, 1.82) is 0 Å². The number of amides is 1. The van der Waals surface area contributed by atoms with Crippen molar-refractivity contribution < 1.29 is 9.59 Å². The van der Waals surface area contributed by atoms with Gasteiger partial charge in [0.2, 0.25) is 5.91 Å². The summed E-state index contributed by atoms with van der Waals surface area (Å²) in [5.74, 6) is -0.290. The van der Waals surface area contributed by atoms with Gasteiger partial charge in [-0.25, -0.2) is 0 Å². The van der Waals surface area contributed by atoms with Crippen LogP contribution in [-0.2, 0) is 4.79 Å². The Morgan fingerprint density at radius 3 is 2.79 bits per heavy atom. The molecule has 0 aliphatic carbocycles. The molecule has 1 aliphatic rings. The highest BCUT2D eigenvalue weighted by atomic mass is 35.5. The van der Waals surface area contributed by atoms with Gasteiger partial charge in [-0.05, 0) is 32.0 Å². The van der Waals surface area contributed by atoms with Crippen LogP contribution in [0.25, 0.3) is 0 Å². The lowest BCUT2D eigenvalue weighted by atomic mass is 9.89. The van der Waals surface area contributed by atoms with Gasteiger partial charge in [-0.3, -0.25) is 14.5 Å². The van der Waals surface area contributed by atoms with Gasteiger partial charge >= 0.3 is 0 Å². The van der Waals surface area contributed by atoms with Gasteiger partial charge < -0.3 is 5.73 Å². The SMILES string of the molecule is CC1(C(N)=O)CCN(CC(=O)c2cccc(Cl)c2)C1. The molecule has 2 rings (SSSR count). The van der Waals surface area contributed by atoms with Gasteiger partial charge in [0.15, 0.2) is 5.78 Å². The summed E-state index contributed by atoms with van der Waals surface area (Å²) in [7, 11) is 0. The number of ketones is 1. The molecular formula is C14H17ClN2O2. The van der Waals surface area contributed by atoms with Crippen LogP contribution in [0, 0.1) is 5.41 Å². The van der Waals surface area contributed by atoms with Crippen molar-refractivity contribution in [2.24, 2.45) is 11.1 Å². The number of likely N-dealkylation sites (tertiary alicyclic amines) is 1. The second kappa shape index (κ2) is 5.31. The number of hydrogen-bond donors (Lipinski definition) is 1. The smallest absolute Gasteiger partial charge is 0.224 e. The largest absolute Gasteiger partial charge is 0.369 e. The number of Topliss-reactive ketones (excluding diaryl/α,β-unsaturated/α-hetero) is 1. The Labute approximate surface area is 117 Å². The zero-order chi connectivity index (χ0) is 14.0. The second-order valence-electron chi connectivity index (χ2n) is 5.32. The summed E-state index contributed by atoms with van der Waals surface area (Å²) >= 11 is 5.87. The van der Waals surface area contributed by atoms with Crippen molar-refractivity contribution in [3.05, 3.63) is 34.9 Å². The minimum absolute atomic E-state index is 0.0104. The van der Waals surface area contributed by atoms with Gasteiger partial charge in [0.1, 0.15) is 0 Å². The van der Waals surface area contributed by atoms with E-state index in [1.54, 1.807) is 24.3 Å². The van der Waals surface area contributed by atoms with Crippen LogP contribution in [0.4, 0.5) is 0 Å². The van der Waals surface area contributed by atoms with E-state index < -0.39 is 5.41 Å². The van der Waals surface area contributed by atoms with E-state index >= 15 is 0 Å². The molecule has 2 N–H and O–H groups in total. The van der Waals surface area contributed by atoms with Gasteiger partial charge in [0.05, 0.1) is 12.0 Å². The number of nitrogens with zero attached hydrogens (tertiary/aromatic N) is 1. The van der Waals surface area contributed by atoms with Crippen LogP contribution in [0.3, 0.4) is 0 Å². The third-order valence-corrected chi connectivity index (χ3v) is 3.90. The summed E-state index contributed by atoms with van der Waals surface area (Å²) < 4.78 is 0. The number of halogens is 1. The van der Waals surface area contributed by atoms with Crippen LogP contribution >= 0.6 is 11.6 Å². The predicted octanol–water partition coefficient (Wildman–Crippen LogP) is 1.72. The Morgan fingerprint density at radius 1 is 1.47 bits per heavy atom. The van der Waals surface area contributed by atoms with E-state index in [0.717, 1.165) is 0 Å². The molecule has 1 aliphatic heterocycles. The Morgan fingerprint density at radius 2 is 2.21 bits per heavy atom. The number of rotatable bonds is 4. The van der Waals surface area contributed by atoms with Gasteiger partial charge in [-0.1, -0.05) is 23.7 Å². The molecule has 0 spiro atoms. The summed E-state index contributed by atoms with van der Waals surface area (Å²) in [4.78, 5) is 25.4. The van der Waals surface area contributed by atoms with Gasteiger partial charge in [-0.15, -0.1) is 0 Å². The topological polar surface area (TPSA) is 63.4 Å². The maximum atomic E-state index is 12.1. The van der Waals surface area contributed by atoms with Crippen LogP contribution < -0.4 is 5.73 Å². The number of carbonyl (C=O) groups is 2. The molecule has 0 bridgehead atoms. The fraction of sp³-hybridized carbons (Fsp3) is 0.429. The fourth-order valence-electron chi connectivity index (χ4n) is 2.35. The van der Waals surface area contributed by atoms with E-state index in [9.17, 15) is 9.59 Å². The van der Waals surface area contributed by atoms with Crippen LogP contribution in [0.5, 0.6) is 0 Å². The first-order valence-corrected chi connectivity index (χ1v) is 6.59. The van der Waals surface area contributed by atoms with E-state index in [1.807, 2.05) is 11.8 Å². The highest BCUT2D eigenvalue weighted by Gasteiger charge is 2.39. The third kappa shape index (κ3) is 3.14. The summed E-state index contributed by atoms with van der Waals surface area (Å²) in [5, 5.41) is 0.550. The number of benzene rings is 1. The Hall–Kier alpha value is -1.39. The molecule has 1 heterocycles. The molecular weight excluding hydrogens is 264 g/mol. The maximum Gasteiger partial charge on any atom is 0.224 e. The molecule has 1 fully saturated rings. The molecule has 1 aromatic carbocycles. The number of hydrogen-bond acceptors (Lipinski definition) is 3. The molecule has 0 radical (unpaired) electrons. The average Bonchev–Trinajstić information content (AvgIpc) is 2.72. The van der Waals surface area contributed by atoms with Gasteiger partial charge in [0, 0.05) is 17.1 Å². The molecule has 1 saturated heterocycles. The average molecular weight is 281 g/mol. The lowest BCUT2D eigenvalue weighted by Gasteiger charge is -2.20. The summed E-state index contributed by atoms with van der Waals surface area (Å²) in [6.07, 6.45) is 0.700. The van der Waals surface area contributed by atoms with E-state index in [0.29, 0.717) is 36.6 Å². The molecule has 1 atom stereocenters. The second-order valence-corrected chi connectivity index (χ2v) is 5.76. The highest BCUT2D eigenvalue weighted by Crippen LogP contribution is 2.29. The van der Waals surface area contributed by atoms with Crippen molar-refractivity contribution >= 4 is 23.3 Å². The number of carbonyl (C=O) groups excluding carboxylic acids is 2. The van der Waals surface area contributed by atoms with Crippen LogP contribution in [-0.4, -0.2) is 36.2 Å². The van der Waals surface area contributed by atoms with E-state index in [1.165, 1.54) is 0 Å². The Bertz CT molecular complexity index is 518. The van der Waals surface area contributed by atoms with Crippen LogP contribution in [0.15, 0.2) is 24.3 Å². The van der Waals surface area contributed by atoms with E-state index in [4.69, 9.17) is 17.3 Å². The van der Waals surface area contributed by atoms with Crippen LogP contribution in [0.1, 0.15) is 23.7 Å². The Balaban J connectivity index is 2.00. The first-order valence-electron chi connectivity index (χ1n) is 6.22. The zero-order valence-corrected chi connectivity index (χ0v) is 11.6. The van der Waals surface area contributed by atoms with Crippen molar-refractivity contribution in [1.82, 2.24) is 4.90 Å². The van der Waals surface area contributed by atoms with E-state index in [-0.39, 0.29) is 11.7 Å². The van der Waals surface area contributed by atoms with Crippen LogP contribution in [0.2, 0.25) is 5.02 Å². The third-order valence-electron chi connectivity index (χ3n) is 3.66. The first kappa shape index (κ1) is 14.0. The summed E-state index contributed by atoms with van der Waals surface area (Å²) in [6, 6.07) is 6.90. The van der Waals surface area contributed by atoms with Crippen molar-refractivity contribution in [3.63, 3.8) is 0 Å². The highest BCUT2D eigenvalue weighted by molar-refractivity contribution is 6.31. The zero-order valence-electron chi connectivity index (χ0n) is 10.9. The molecule has 1 amide bonds. The van der Waals surface area contributed by atoms with Crippen molar-refractivity contribution in [2.75, 3.05) is 19.6 Å². The minimum Gasteiger partial charge on any atom is -0.369 e. The predicted molar refractivity (Wildman–Crippen MR) is 74.1 cm³/mol. The molecule has 102 valence electrons. The molecule has 5 heteroatoms. The van der Waals surface area contributed by atoms with Crippen molar-refractivity contribution in [2.45, 2.75) is 13.3 Å². The summed E-state index contributed by atoms with van der Waals surface area (Å²) in [5.41, 5.74) is 5.47. The molecule has 4 nitrogen and oxygen atoms in total. The fourth-order valence-corrected chi connectivity index (χ4v) is 2.54. The molecule has 1 aromatic rings. The van der Waals surface area contributed by atoms with Crippen molar-refractivity contribution in [3.8, 4) is 0 Å². The molecule has 0 saturated carbocycles. The molecule has 19 heavy (non-hydrogen) atoms. The lowest BCUT2D eigenvalue weighted by Crippen LogP contribution is -2.38. The first-order chi connectivity index (χ1) is 8.90. The Kier molecular flexibility index (Phi) is 3.92. The minimum atomic E-state index is -0.519. The van der Waals surface area contributed by atoms with Gasteiger partial charge in [-0.2, -0.15) is 0 Å². The standard InChI is InChI=1S/C14H17ClN2O2/c1-14(13(16)19)5-6-17(9-14)8-12(18)10-3-2-4-11(15)7-10/h2-4,7H,5-6,8-9H2,1H3,(H2,16,19). The van der Waals surface area contributed by atoms with Gasteiger partial charge in [0.25, 0.3) is 0 Å². The molecule has 1 unspecified atom stereocenters. The lowest BCUT2D eigenvalue weighted by molar-refractivity contribution is -0.126. The summed E-state index contributed by atoms with van der Waals surface area (Å²) in [6.45, 7) is 3.39. The van der Waals surface area contributed by atoms with E-state index in [2.05, 4.69) is 0 Å². The number of nitrogens with two attached hydrogens (primary N) is 1. The normalized spacial score (nSPS) is 23.5. The molecule has 0 aromatic heterocycles. The quantitative estimate of drug-likeness (QED) is 0.854.